The number of carbonyl (C=O) groups excluding carboxylic acids is 1. The molecule has 1 fully saturated rings. The van der Waals surface area contributed by atoms with Gasteiger partial charge in [-0.3, -0.25) is 4.79 Å². The molecule has 20 heavy (non-hydrogen) atoms. The molecule has 1 heterocycles. The first-order valence-electron chi connectivity index (χ1n) is 7.08. The average molecular weight is 276 g/mol. The van der Waals surface area contributed by atoms with Gasteiger partial charge in [0.1, 0.15) is 0 Å². The number of para-hydroxylation sites is 1. The minimum atomic E-state index is -0.173. The van der Waals surface area contributed by atoms with Crippen LogP contribution in [0.2, 0.25) is 0 Å². The molecule has 1 saturated heterocycles. The summed E-state index contributed by atoms with van der Waals surface area (Å²) in [4.78, 5) is 12.3. The van der Waals surface area contributed by atoms with Crippen LogP contribution in [0.15, 0.2) is 24.3 Å². The Labute approximate surface area is 120 Å². The molecule has 0 spiro atoms. The lowest BCUT2D eigenvalue weighted by atomic mass is 9.86. The van der Waals surface area contributed by atoms with Gasteiger partial charge in [0.2, 0.25) is 5.91 Å². The number of amides is 1. The summed E-state index contributed by atoms with van der Waals surface area (Å²) < 4.78 is 5.28. The van der Waals surface area contributed by atoms with Gasteiger partial charge in [-0.25, -0.2) is 0 Å². The summed E-state index contributed by atoms with van der Waals surface area (Å²) >= 11 is 0. The van der Waals surface area contributed by atoms with E-state index in [1.165, 1.54) is 0 Å². The molecule has 2 unspecified atom stereocenters. The van der Waals surface area contributed by atoms with Gasteiger partial charge in [-0.1, -0.05) is 39.0 Å². The van der Waals surface area contributed by atoms with Gasteiger partial charge in [0.25, 0.3) is 0 Å². The number of anilines is 1. The number of carbonyl (C=O) groups is 1. The first-order valence-corrected chi connectivity index (χ1v) is 7.08. The number of hydrogen-bond donors (Lipinski definition) is 2. The third-order valence-electron chi connectivity index (χ3n) is 3.73. The minimum Gasteiger partial charge on any atom is -0.380 e. The second-order valence-corrected chi connectivity index (χ2v) is 6.34. The molecule has 4 nitrogen and oxygen atoms in total. The zero-order valence-electron chi connectivity index (χ0n) is 12.7. The summed E-state index contributed by atoms with van der Waals surface area (Å²) in [6.07, 6.45) is 0.851. The molecule has 0 saturated carbocycles. The predicted octanol–water partition coefficient (Wildman–Crippen LogP) is 2.30. The Morgan fingerprint density at radius 1 is 1.35 bits per heavy atom. The smallest absolute Gasteiger partial charge is 0.241 e. The molecule has 2 atom stereocenters. The Bertz CT molecular complexity index is 480. The molecule has 0 bridgehead atoms. The monoisotopic (exact) mass is 276 g/mol. The molecule has 4 heteroatoms. The van der Waals surface area contributed by atoms with Crippen molar-refractivity contribution in [2.45, 2.75) is 44.8 Å². The van der Waals surface area contributed by atoms with Crippen LogP contribution in [-0.4, -0.2) is 31.7 Å². The van der Waals surface area contributed by atoms with Crippen molar-refractivity contribution < 1.29 is 9.53 Å². The lowest BCUT2D eigenvalue weighted by molar-refractivity contribution is -0.118. The van der Waals surface area contributed by atoms with E-state index in [1.807, 2.05) is 18.2 Å². The maximum atomic E-state index is 12.3. The highest BCUT2D eigenvalue weighted by atomic mass is 16.5. The van der Waals surface area contributed by atoms with Crippen LogP contribution in [0.3, 0.4) is 0 Å². The molecule has 1 aromatic rings. The molecule has 0 aliphatic carbocycles. The van der Waals surface area contributed by atoms with Crippen LogP contribution < -0.4 is 10.6 Å². The average Bonchev–Trinajstić information content (AvgIpc) is 2.87. The SMILES string of the molecule is COC1CNC(C(=O)Nc2ccccc2C(C)(C)C)C1. The first kappa shape index (κ1) is 15.0. The molecule has 1 aliphatic heterocycles. The third kappa shape index (κ3) is 3.38. The number of hydrogen-bond acceptors (Lipinski definition) is 3. The van der Waals surface area contributed by atoms with Crippen molar-refractivity contribution in [3.63, 3.8) is 0 Å². The largest absolute Gasteiger partial charge is 0.380 e. The van der Waals surface area contributed by atoms with Gasteiger partial charge in [0.05, 0.1) is 12.1 Å². The normalized spacial score (nSPS) is 22.8. The van der Waals surface area contributed by atoms with Crippen LogP contribution in [0.25, 0.3) is 0 Å². The molecule has 0 aromatic heterocycles. The highest BCUT2D eigenvalue weighted by molar-refractivity contribution is 5.95. The maximum Gasteiger partial charge on any atom is 0.241 e. The third-order valence-corrected chi connectivity index (χ3v) is 3.73. The number of ether oxygens (including phenoxy) is 1. The van der Waals surface area contributed by atoms with Crippen molar-refractivity contribution >= 4 is 11.6 Å². The van der Waals surface area contributed by atoms with Crippen LogP contribution in [0, 0.1) is 0 Å². The Hall–Kier alpha value is -1.39. The fourth-order valence-corrected chi connectivity index (χ4v) is 2.55. The van der Waals surface area contributed by atoms with Crippen molar-refractivity contribution in [3.05, 3.63) is 29.8 Å². The number of rotatable bonds is 3. The van der Waals surface area contributed by atoms with E-state index in [0.29, 0.717) is 0 Å². The van der Waals surface area contributed by atoms with Gasteiger partial charge in [-0.05, 0) is 23.5 Å². The lowest BCUT2D eigenvalue weighted by Crippen LogP contribution is -2.36. The summed E-state index contributed by atoms with van der Waals surface area (Å²) in [6, 6.07) is 7.81. The fraction of sp³-hybridized carbons (Fsp3) is 0.562. The topological polar surface area (TPSA) is 50.4 Å². The summed E-state index contributed by atoms with van der Waals surface area (Å²) in [5, 5.41) is 6.25. The van der Waals surface area contributed by atoms with E-state index in [0.717, 1.165) is 24.2 Å². The Kier molecular flexibility index (Phi) is 4.45. The van der Waals surface area contributed by atoms with Crippen LogP contribution in [0.4, 0.5) is 5.69 Å². The molecule has 0 radical (unpaired) electrons. The molecule has 2 rings (SSSR count). The molecule has 2 N–H and O–H groups in total. The van der Waals surface area contributed by atoms with Crippen molar-refractivity contribution in [1.82, 2.24) is 5.32 Å². The quantitative estimate of drug-likeness (QED) is 0.890. The van der Waals surface area contributed by atoms with Crippen LogP contribution >= 0.6 is 0 Å². The van der Waals surface area contributed by atoms with Gasteiger partial charge < -0.3 is 15.4 Å². The number of methoxy groups -OCH3 is 1. The van der Waals surface area contributed by atoms with E-state index in [4.69, 9.17) is 4.74 Å². The molecule has 1 amide bonds. The zero-order valence-corrected chi connectivity index (χ0v) is 12.7. The highest BCUT2D eigenvalue weighted by Crippen LogP contribution is 2.29. The van der Waals surface area contributed by atoms with E-state index in [1.54, 1.807) is 7.11 Å². The van der Waals surface area contributed by atoms with Crippen molar-refractivity contribution in [1.29, 1.82) is 0 Å². The number of benzene rings is 1. The zero-order chi connectivity index (χ0) is 14.8. The molecular formula is C16H24N2O2. The lowest BCUT2D eigenvalue weighted by Gasteiger charge is -2.23. The fourth-order valence-electron chi connectivity index (χ4n) is 2.55. The summed E-state index contributed by atoms with van der Waals surface area (Å²) in [7, 11) is 1.68. The van der Waals surface area contributed by atoms with Gasteiger partial charge in [-0.15, -0.1) is 0 Å². The molecule has 110 valence electrons. The second kappa shape index (κ2) is 5.94. The van der Waals surface area contributed by atoms with Crippen molar-refractivity contribution in [2.24, 2.45) is 0 Å². The first-order chi connectivity index (χ1) is 9.41. The summed E-state index contributed by atoms with van der Waals surface area (Å²) in [5.74, 6) is 0.0150. The van der Waals surface area contributed by atoms with E-state index in [9.17, 15) is 4.79 Å². The van der Waals surface area contributed by atoms with Gasteiger partial charge in [0.15, 0.2) is 0 Å². The van der Waals surface area contributed by atoms with Gasteiger partial charge >= 0.3 is 0 Å². The Morgan fingerprint density at radius 2 is 2.05 bits per heavy atom. The van der Waals surface area contributed by atoms with Crippen molar-refractivity contribution in [2.75, 3.05) is 19.0 Å². The maximum absolute atomic E-state index is 12.3. The van der Waals surface area contributed by atoms with Gasteiger partial charge in [-0.2, -0.15) is 0 Å². The minimum absolute atomic E-state index is 0.00203. The Balaban J connectivity index is 2.09. The van der Waals surface area contributed by atoms with Crippen LogP contribution in [-0.2, 0) is 14.9 Å². The number of nitrogens with one attached hydrogen (secondary N) is 2. The standard InChI is InChI=1S/C16H24N2O2/c1-16(2,3)12-7-5-6-8-13(12)18-15(19)14-9-11(20-4)10-17-14/h5-8,11,14,17H,9-10H2,1-4H3,(H,18,19). The Morgan fingerprint density at radius 3 is 2.65 bits per heavy atom. The molecule has 1 aliphatic rings. The van der Waals surface area contributed by atoms with Crippen LogP contribution in [0.5, 0.6) is 0 Å². The van der Waals surface area contributed by atoms with E-state index in [-0.39, 0.29) is 23.5 Å². The summed E-state index contributed by atoms with van der Waals surface area (Å²) in [5.41, 5.74) is 2.05. The molecule has 1 aromatic carbocycles. The van der Waals surface area contributed by atoms with Crippen molar-refractivity contribution in [3.8, 4) is 0 Å². The predicted molar refractivity (Wildman–Crippen MR) is 81.0 cm³/mol. The van der Waals surface area contributed by atoms with E-state index >= 15 is 0 Å². The molecular weight excluding hydrogens is 252 g/mol. The van der Waals surface area contributed by atoms with E-state index in [2.05, 4.69) is 37.5 Å². The van der Waals surface area contributed by atoms with Gasteiger partial charge in [0, 0.05) is 19.3 Å². The highest BCUT2D eigenvalue weighted by Gasteiger charge is 2.30. The van der Waals surface area contributed by atoms with Crippen LogP contribution in [0.1, 0.15) is 32.8 Å². The van der Waals surface area contributed by atoms with E-state index < -0.39 is 0 Å². The summed E-state index contributed by atoms with van der Waals surface area (Å²) in [6.45, 7) is 7.17. The second-order valence-electron chi connectivity index (χ2n) is 6.34.